The van der Waals surface area contributed by atoms with Gasteiger partial charge in [-0.2, -0.15) is 0 Å². The molecule has 132 valence electrons. The van der Waals surface area contributed by atoms with Crippen LogP contribution in [0.15, 0.2) is 36.4 Å². The van der Waals surface area contributed by atoms with Gasteiger partial charge < -0.3 is 0 Å². The van der Waals surface area contributed by atoms with Gasteiger partial charge in [0.05, 0.1) is 0 Å². The zero-order valence-electron chi connectivity index (χ0n) is 15.2. The van der Waals surface area contributed by atoms with E-state index in [1.807, 2.05) is 0 Å². The standard InChI is InChI=1S/C22H22Si.2ClH.Zr/c1-15-9-11-17(21-7-3-5-19(15)21)13-23-14-18-12-10-16(2)20-6-4-8-22(18)20;;;/h3-6,9-12H,7-8,13-14H2,1-2H3;2*1H;/q;;;+2/p-2. The van der Waals surface area contributed by atoms with E-state index in [1.54, 1.807) is 22.3 Å². The molecule has 0 spiro atoms. The number of fused-ring (bicyclic) bond motifs is 2. The number of hydrogen-bond donors (Lipinski definition) is 0. The molecule has 2 radical (unpaired) electrons. The van der Waals surface area contributed by atoms with Crippen molar-refractivity contribution in [1.82, 2.24) is 0 Å². The molecule has 26 heavy (non-hydrogen) atoms. The van der Waals surface area contributed by atoms with E-state index in [-0.39, 0.29) is 0 Å². The topological polar surface area (TPSA) is 0 Å². The fourth-order valence-electron chi connectivity index (χ4n) is 3.85. The Balaban J connectivity index is 0.000000613. The van der Waals surface area contributed by atoms with Crippen LogP contribution in [0.1, 0.15) is 44.5 Å². The normalized spacial score (nSPS) is 13.2. The zero-order chi connectivity index (χ0) is 18.5. The molecule has 2 aromatic carbocycles. The van der Waals surface area contributed by atoms with Gasteiger partial charge in [-0.05, 0) is 83.3 Å². The molecule has 0 heterocycles. The van der Waals surface area contributed by atoms with Crippen LogP contribution in [0.4, 0.5) is 0 Å². The minimum absolute atomic E-state index is 0.826. The third-order valence-corrected chi connectivity index (χ3v) is 6.45. The Morgan fingerprint density at radius 3 is 1.65 bits per heavy atom. The van der Waals surface area contributed by atoms with E-state index in [0.717, 1.165) is 22.4 Å². The second-order valence-corrected chi connectivity index (χ2v) is 11.7. The van der Waals surface area contributed by atoms with Crippen LogP contribution in [0.3, 0.4) is 0 Å². The molecule has 0 aromatic heterocycles. The molecule has 2 aliphatic carbocycles. The summed E-state index contributed by atoms with van der Waals surface area (Å²) >= 11 is -0.826. The van der Waals surface area contributed by atoms with Gasteiger partial charge in [0.2, 0.25) is 0 Å². The van der Waals surface area contributed by atoms with Gasteiger partial charge in [0.15, 0.2) is 0 Å². The molecule has 0 saturated heterocycles. The Morgan fingerprint density at radius 2 is 1.23 bits per heavy atom. The summed E-state index contributed by atoms with van der Waals surface area (Å²) in [5.74, 6) is 0. The van der Waals surface area contributed by atoms with Crippen LogP contribution in [-0.4, -0.2) is 9.52 Å². The van der Waals surface area contributed by atoms with E-state index in [1.165, 1.54) is 34.3 Å². The average molecular weight is 477 g/mol. The molecule has 4 rings (SSSR count). The summed E-state index contributed by atoms with van der Waals surface area (Å²) in [4.78, 5) is 0. The first kappa shape index (κ1) is 20.3. The van der Waals surface area contributed by atoms with Gasteiger partial charge >= 0.3 is 37.9 Å². The maximum atomic E-state index is 4.93. The van der Waals surface area contributed by atoms with Crippen LogP contribution in [0.5, 0.6) is 0 Å². The van der Waals surface area contributed by atoms with Crippen molar-refractivity contribution < 1.29 is 20.8 Å². The third kappa shape index (κ3) is 4.53. The van der Waals surface area contributed by atoms with E-state index in [2.05, 4.69) is 62.4 Å². The SMILES string of the molecule is Cc1ccc(C[Si]Cc2ccc(C)c3c2CC=C3)c2c1C=CC2.[Cl][Zr][Cl]. The summed E-state index contributed by atoms with van der Waals surface area (Å²) in [5, 5.41) is 0. The quantitative estimate of drug-likeness (QED) is 0.460. The first-order valence-corrected chi connectivity index (χ1v) is 16.6. The predicted octanol–water partition coefficient (Wildman–Crippen LogP) is 6.22. The van der Waals surface area contributed by atoms with Gasteiger partial charge in [-0.3, -0.25) is 0 Å². The van der Waals surface area contributed by atoms with Crippen molar-refractivity contribution in [2.24, 2.45) is 0 Å². The summed E-state index contributed by atoms with van der Waals surface area (Å²) < 4.78 is 0. The van der Waals surface area contributed by atoms with Gasteiger partial charge in [0.25, 0.3) is 0 Å². The molecule has 0 unspecified atom stereocenters. The molecule has 0 atom stereocenters. The number of rotatable bonds is 4. The van der Waals surface area contributed by atoms with Gasteiger partial charge in [0, 0.05) is 9.52 Å². The Labute approximate surface area is 178 Å². The molecular weight excluding hydrogens is 454 g/mol. The van der Waals surface area contributed by atoms with Crippen molar-refractivity contribution in [1.29, 1.82) is 0 Å². The molecule has 0 bridgehead atoms. The fourth-order valence-corrected chi connectivity index (χ4v) is 5.18. The van der Waals surface area contributed by atoms with Crippen molar-refractivity contribution in [2.75, 3.05) is 0 Å². The van der Waals surface area contributed by atoms with Crippen LogP contribution in [0, 0.1) is 13.8 Å². The van der Waals surface area contributed by atoms with Crippen molar-refractivity contribution >= 4 is 38.7 Å². The molecule has 4 heteroatoms. The predicted molar refractivity (Wildman–Crippen MR) is 113 cm³/mol. The molecular formula is C22H22Cl2SiZr. The molecule has 0 amide bonds. The third-order valence-electron chi connectivity index (χ3n) is 5.19. The summed E-state index contributed by atoms with van der Waals surface area (Å²) in [5.41, 5.74) is 12.1. The molecule has 0 fully saturated rings. The van der Waals surface area contributed by atoms with Gasteiger partial charge in [-0.15, -0.1) is 0 Å². The second kappa shape index (κ2) is 9.69. The number of benzene rings is 2. The van der Waals surface area contributed by atoms with Crippen LogP contribution in [0.2, 0.25) is 0 Å². The number of halogens is 2. The minimum atomic E-state index is -0.826. The summed E-state index contributed by atoms with van der Waals surface area (Å²) in [6.45, 7) is 4.45. The average Bonchev–Trinajstić information content (AvgIpc) is 3.30. The summed E-state index contributed by atoms with van der Waals surface area (Å²) in [6.07, 6.45) is 11.5. The maximum absolute atomic E-state index is 4.93. The Hall–Kier alpha value is -0.400. The van der Waals surface area contributed by atoms with Crippen LogP contribution >= 0.6 is 17.0 Å². The van der Waals surface area contributed by atoms with Crippen molar-refractivity contribution in [3.05, 3.63) is 80.9 Å². The van der Waals surface area contributed by atoms with E-state index in [4.69, 9.17) is 17.0 Å². The Kier molecular flexibility index (Phi) is 7.58. The molecule has 2 aliphatic rings. The van der Waals surface area contributed by atoms with Crippen LogP contribution < -0.4 is 0 Å². The van der Waals surface area contributed by atoms with E-state index < -0.39 is 20.8 Å². The van der Waals surface area contributed by atoms with Gasteiger partial charge in [-0.25, -0.2) is 0 Å². The van der Waals surface area contributed by atoms with Crippen molar-refractivity contribution in [3.8, 4) is 0 Å². The molecule has 2 aromatic rings. The molecule has 0 N–H and O–H groups in total. The van der Waals surface area contributed by atoms with Crippen molar-refractivity contribution in [3.63, 3.8) is 0 Å². The fraction of sp³-hybridized carbons (Fsp3) is 0.273. The summed E-state index contributed by atoms with van der Waals surface area (Å²) in [7, 11) is 10.8. The number of allylic oxidation sites excluding steroid dienone is 2. The Morgan fingerprint density at radius 1 is 0.808 bits per heavy atom. The number of aryl methyl sites for hydroxylation is 2. The molecule has 0 aliphatic heterocycles. The monoisotopic (exact) mass is 474 g/mol. The van der Waals surface area contributed by atoms with Crippen LogP contribution in [0.25, 0.3) is 12.2 Å². The molecule has 0 nitrogen and oxygen atoms in total. The number of hydrogen-bond acceptors (Lipinski definition) is 0. The Bertz CT molecular complexity index is 786. The van der Waals surface area contributed by atoms with E-state index in [0.29, 0.717) is 0 Å². The van der Waals surface area contributed by atoms with Gasteiger partial charge in [0.1, 0.15) is 0 Å². The zero-order valence-corrected chi connectivity index (χ0v) is 20.2. The molecule has 0 saturated carbocycles. The van der Waals surface area contributed by atoms with Crippen LogP contribution in [-0.2, 0) is 45.8 Å². The van der Waals surface area contributed by atoms with E-state index in [9.17, 15) is 0 Å². The first-order valence-electron chi connectivity index (χ1n) is 8.88. The second-order valence-electron chi connectivity index (χ2n) is 6.76. The van der Waals surface area contributed by atoms with Gasteiger partial charge in [-0.1, -0.05) is 48.6 Å². The summed E-state index contributed by atoms with van der Waals surface area (Å²) in [6, 6.07) is 11.7. The van der Waals surface area contributed by atoms with E-state index >= 15 is 0 Å². The van der Waals surface area contributed by atoms with Crippen molar-refractivity contribution in [2.45, 2.75) is 38.8 Å². The first-order chi connectivity index (χ1) is 12.7.